The molecular weight excluding hydrogens is 224 g/mol. The Morgan fingerprint density at radius 2 is 1.93 bits per heavy atom. The van der Waals surface area contributed by atoms with Crippen molar-refractivity contribution in [3.63, 3.8) is 0 Å². The Morgan fingerprint density at radius 3 is 2.43 bits per heavy atom. The summed E-state index contributed by atoms with van der Waals surface area (Å²) in [6, 6.07) is 2.94. The summed E-state index contributed by atoms with van der Waals surface area (Å²) >= 11 is 11.2. The first kappa shape index (κ1) is 11.2. The number of benzene rings is 1. The lowest BCUT2D eigenvalue weighted by Crippen LogP contribution is -2.00. The molecule has 0 aliphatic carbocycles. The second kappa shape index (κ2) is 5.09. The Hall–Kier alpha value is -0.910. The fourth-order valence-corrected chi connectivity index (χ4v) is 1.42. The van der Waals surface area contributed by atoms with E-state index in [1.54, 1.807) is 0 Å². The van der Waals surface area contributed by atoms with E-state index >= 15 is 0 Å². The van der Waals surface area contributed by atoms with Crippen molar-refractivity contribution in [2.45, 2.75) is 6.42 Å². The van der Waals surface area contributed by atoms with E-state index < -0.39 is 5.82 Å². The van der Waals surface area contributed by atoms with Gasteiger partial charge in [-0.05, 0) is 12.1 Å². The molecule has 0 saturated heterocycles. The third-order valence-electron chi connectivity index (χ3n) is 1.58. The smallest absolute Gasteiger partial charge is 0.160 e. The average Bonchev–Trinajstić information content (AvgIpc) is 2.14. The lowest BCUT2D eigenvalue weighted by Gasteiger charge is -2.06. The minimum Gasteiger partial charge on any atom is -0.384 e. The zero-order valence-electron chi connectivity index (χ0n) is 7.28. The molecule has 0 radical (unpaired) electrons. The van der Waals surface area contributed by atoms with Crippen molar-refractivity contribution in [2.24, 2.45) is 0 Å². The molecule has 0 atom stereocenters. The fourth-order valence-electron chi connectivity index (χ4n) is 0.937. The highest BCUT2D eigenvalue weighted by Gasteiger charge is 2.06. The Morgan fingerprint density at radius 1 is 1.36 bits per heavy atom. The normalized spacial score (nSPS) is 9.57. The van der Waals surface area contributed by atoms with Crippen LogP contribution in [0, 0.1) is 18.2 Å². The van der Waals surface area contributed by atoms with Crippen LogP contribution in [-0.2, 0) is 0 Å². The minimum atomic E-state index is -0.601. The summed E-state index contributed by atoms with van der Waals surface area (Å²) in [5, 5.41) is 2.98. The van der Waals surface area contributed by atoms with Crippen LogP contribution in [0.15, 0.2) is 12.1 Å². The van der Waals surface area contributed by atoms with Crippen molar-refractivity contribution in [2.75, 3.05) is 11.9 Å². The topological polar surface area (TPSA) is 12.0 Å². The Balaban J connectivity index is 2.75. The van der Waals surface area contributed by atoms with Gasteiger partial charge in [-0.25, -0.2) is 4.39 Å². The summed E-state index contributed by atoms with van der Waals surface area (Å²) in [4.78, 5) is 0. The Labute approximate surface area is 92.2 Å². The summed E-state index contributed by atoms with van der Waals surface area (Å²) in [5.41, 5.74) is 0.664. The van der Waals surface area contributed by atoms with Gasteiger partial charge in [0, 0.05) is 18.7 Å². The molecule has 0 aliphatic rings. The van der Waals surface area contributed by atoms with E-state index in [2.05, 4.69) is 11.2 Å². The van der Waals surface area contributed by atoms with Crippen LogP contribution in [0.3, 0.4) is 0 Å². The van der Waals surface area contributed by atoms with Gasteiger partial charge in [-0.2, -0.15) is 0 Å². The van der Waals surface area contributed by atoms with E-state index in [9.17, 15) is 4.39 Å². The van der Waals surface area contributed by atoms with Crippen LogP contribution in [0.2, 0.25) is 10.0 Å². The molecule has 0 aliphatic heterocycles. The highest BCUT2D eigenvalue weighted by molar-refractivity contribution is 6.35. The molecule has 14 heavy (non-hydrogen) atoms. The fraction of sp³-hybridized carbons (Fsp3) is 0.200. The maximum Gasteiger partial charge on any atom is 0.160 e. The Kier molecular flexibility index (Phi) is 4.06. The molecule has 0 saturated carbocycles. The molecule has 4 heteroatoms. The first-order chi connectivity index (χ1) is 6.65. The van der Waals surface area contributed by atoms with Crippen molar-refractivity contribution in [1.29, 1.82) is 0 Å². The molecule has 1 aromatic rings. The molecule has 0 bridgehead atoms. The van der Waals surface area contributed by atoms with Crippen LogP contribution >= 0.6 is 23.2 Å². The molecule has 1 nitrogen and oxygen atoms in total. The highest BCUT2D eigenvalue weighted by atomic mass is 35.5. The van der Waals surface area contributed by atoms with Crippen molar-refractivity contribution in [3.8, 4) is 12.3 Å². The molecule has 1 N–H and O–H groups in total. The summed E-state index contributed by atoms with van der Waals surface area (Å²) in [6.45, 7) is 0.606. The number of hydrogen-bond acceptors (Lipinski definition) is 1. The van der Waals surface area contributed by atoms with Gasteiger partial charge in [0.1, 0.15) is 0 Å². The van der Waals surface area contributed by atoms with Crippen molar-refractivity contribution in [1.82, 2.24) is 0 Å². The SMILES string of the molecule is C#CCCNc1cc(Cl)c(F)c(Cl)c1. The summed E-state index contributed by atoms with van der Waals surface area (Å²) in [6.07, 6.45) is 5.66. The van der Waals surface area contributed by atoms with E-state index in [1.165, 1.54) is 12.1 Å². The Bertz CT molecular complexity index is 348. The van der Waals surface area contributed by atoms with Crippen LogP contribution in [0.1, 0.15) is 6.42 Å². The van der Waals surface area contributed by atoms with Crippen molar-refractivity contribution in [3.05, 3.63) is 28.0 Å². The monoisotopic (exact) mass is 231 g/mol. The molecule has 74 valence electrons. The number of anilines is 1. The van der Waals surface area contributed by atoms with Gasteiger partial charge in [0.15, 0.2) is 5.82 Å². The van der Waals surface area contributed by atoms with Gasteiger partial charge in [-0.15, -0.1) is 12.3 Å². The second-order valence-corrected chi connectivity index (χ2v) is 3.45. The van der Waals surface area contributed by atoms with E-state index in [1.807, 2.05) is 0 Å². The van der Waals surface area contributed by atoms with Crippen molar-refractivity contribution >= 4 is 28.9 Å². The third kappa shape index (κ3) is 2.80. The quantitative estimate of drug-likeness (QED) is 0.477. The molecule has 0 spiro atoms. The second-order valence-electron chi connectivity index (χ2n) is 2.63. The molecule has 1 aromatic carbocycles. The lowest BCUT2D eigenvalue weighted by atomic mass is 10.3. The molecule has 0 unspecified atom stereocenters. The van der Waals surface area contributed by atoms with Gasteiger partial charge in [0.25, 0.3) is 0 Å². The first-order valence-electron chi connectivity index (χ1n) is 3.97. The average molecular weight is 232 g/mol. The van der Waals surface area contributed by atoms with Crippen LogP contribution < -0.4 is 5.32 Å². The third-order valence-corrected chi connectivity index (χ3v) is 2.13. The van der Waals surface area contributed by atoms with E-state index in [4.69, 9.17) is 29.6 Å². The first-order valence-corrected chi connectivity index (χ1v) is 4.72. The molecule has 0 fully saturated rings. The van der Waals surface area contributed by atoms with Gasteiger partial charge in [-0.1, -0.05) is 23.2 Å². The number of hydrogen-bond donors (Lipinski definition) is 1. The minimum absolute atomic E-state index is 0.000655. The maximum atomic E-state index is 13.0. The van der Waals surface area contributed by atoms with Crippen LogP contribution in [0.25, 0.3) is 0 Å². The standard InChI is InChI=1S/C10H8Cl2FN/c1-2-3-4-14-7-5-8(11)10(13)9(12)6-7/h1,5-6,14H,3-4H2. The molecule has 0 aromatic heterocycles. The molecular formula is C10H8Cl2FN. The van der Waals surface area contributed by atoms with Gasteiger partial charge in [0.05, 0.1) is 10.0 Å². The molecule has 1 rings (SSSR count). The van der Waals surface area contributed by atoms with Crippen LogP contribution in [-0.4, -0.2) is 6.54 Å². The van der Waals surface area contributed by atoms with Gasteiger partial charge in [0.2, 0.25) is 0 Å². The number of nitrogens with one attached hydrogen (secondary N) is 1. The van der Waals surface area contributed by atoms with E-state index in [0.29, 0.717) is 18.7 Å². The predicted octanol–water partition coefficient (Wildman–Crippen LogP) is 3.57. The summed E-state index contributed by atoms with van der Waals surface area (Å²) < 4.78 is 13.0. The number of halogens is 3. The summed E-state index contributed by atoms with van der Waals surface area (Å²) in [7, 11) is 0. The van der Waals surface area contributed by atoms with E-state index in [0.717, 1.165) is 0 Å². The van der Waals surface area contributed by atoms with Crippen molar-refractivity contribution < 1.29 is 4.39 Å². The molecule has 0 heterocycles. The van der Waals surface area contributed by atoms with Crippen LogP contribution in [0.5, 0.6) is 0 Å². The highest BCUT2D eigenvalue weighted by Crippen LogP contribution is 2.27. The largest absolute Gasteiger partial charge is 0.384 e. The number of terminal acetylenes is 1. The maximum absolute atomic E-state index is 13.0. The molecule has 0 amide bonds. The number of rotatable bonds is 3. The van der Waals surface area contributed by atoms with Gasteiger partial charge < -0.3 is 5.32 Å². The zero-order valence-corrected chi connectivity index (χ0v) is 8.79. The summed E-state index contributed by atoms with van der Waals surface area (Å²) in [5.74, 6) is 1.87. The van der Waals surface area contributed by atoms with Gasteiger partial charge >= 0.3 is 0 Å². The zero-order chi connectivity index (χ0) is 10.6. The van der Waals surface area contributed by atoms with Crippen LogP contribution in [0.4, 0.5) is 10.1 Å². The van der Waals surface area contributed by atoms with Gasteiger partial charge in [-0.3, -0.25) is 0 Å². The van der Waals surface area contributed by atoms with E-state index in [-0.39, 0.29) is 10.0 Å². The lowest BCUT2D eigenvalue weighted by molar-refractivity contribution is 0.629. The predicted molar refractivity (Wildman–Crippen MR) is 58.4 cm³/mol.